The van der Waals surface area contributed by atoms with Crippen LogP contribution in [0.4, 0.5) is 5.69 Å². The van der Waals surface area contributed by atoms with Crippen LogP contribution >= 0.6 is 0 Å². The summed E-state index contributed by atoms with van der Waals surface area (Å²) in [7, 11) is 0. The largest absolute Gasteiger partial charge is 0.448 e. The maximum atomic E-state index is 12.4. The predicted octanol–water partition coefficient (Wildman–Crippen LogP) is 2.68. The van der Waals surface area contributed by atoms with Crippen LogP contribution in [0.1, 0.15) is 35.3 Å². The minimum Gasteiger partial charge on any atom is -0.448 e. The molecule has 2 amide bonds. The van der Waals surface area contributed by atoms with Crippen LogP contribution in [0.3, 0.4) is 0 Å². The van der Waals surface area contributed by atoms with Gasteiger partial charge >= 0.3 is 5.97 Å². The quantitative estimate of drug-likeness (QED) is 0.797. The molecular weight excluding hydrogens is 344 g/mol. The summed E-state index contributed by atoms with van der Waals surface area (Å²) in [5.41, 5.74) is 2.93. The Morgan fingerprint density at radius 1 is 1.11 bits per heavy atom. The zero-order chi connectivity index (χ0) is 19.4. The van der Waals surface area contributed by atoms with Gasteiger partial charge in [-0.1, -0.05) is 44.2 Å². The van der Waals surface area contributed by atoms with E-state index in [4.69, 9.17) is 4.74 Å². The fourth-order valence-electron chi connectivity index (χ4n) is 2.77. The lowest BCUT2D eigenvalue weighted by molar-refractivity contribution is -0.130. The monoisotopic (exact) mass is 366 g/mol. The van der Waals surface area contributed by atoms with E-state index in [1.807, 2.05) is 38.1 Å². The first-order valence-corrected chi connectivity index (χ1v) is 8.90. The van der Waals surface area contributed by atoms with Gasteiger partial charge in [0.1, 0.15) is 0 Å². The Morgan fingerprint density at radius 2 is 1.81 bits per heavy atom. The number of rotatable bonds is 5. The first kappa shape index (κ1) is 18.6. The summed E-state index contributed by atoms with van der Waals surface area (Å²) in [6, 6.07) is 14.4. The van der Waals surface area contributed by atoms with Crippen LogP contribution in [0, 0.1) is 5.92 Å². The van der Waals surface area contributed by atoms with Crippen molar-refractivity contribution in [3.8, 4) is 0 Å². The molecule has 0 saturated carbocycles. The third kappa shape index (κ3) is 4.53. The minimum absolute atomic E-state index is 0.0459. The number of amides is 2. The van der Waals surface area contributed by atoms with Gasteiger partial charge < -0.3 is 15.4 Å². The molecule has 6 nitrogen and oxygen atoms in total. The normalized spacial score (nSPS) is 15.7. The van der Waals surface area contributed by atoms with E-state index in [0.717, 1.165) is 11.1 Å². The number of cyclic esters (lactones) is 1. The molecule has 2 N–H and O–H groups in total. The zero-order valence-electron chi connectivity index (χ0n) is 15.3. The van der Waals surface area contributed by atoms with Crippen molar-refractivity contribution in [2.24, 2.45) is 5.92 Å². The van der Waals surface area contributed by atoms with Gasteiger partial charge in [0.25, 0.3) is 5.91 Å². The highest BCUT2D eigenvalue weighted by Crippen LogP contribution is 2.20. The Labute approximate surface area is 157 Å². The number of nitrogens with one attached hydrogen (secondary N) is 2. The molecule has 0 aliphatic carbocycles. The van der Waals surface area contributed by atoms with Crippen LogP contribution < -0.4 is 10.6 Å². The molecule has 27 heavy (non-hydrogen) atoms. The van der Waals surface area contributed by atoms with Gasteiger partial charge in [-0.2, -0.15) is 0 Å². The highest BCUT2D eigenvalue weighted by atomic mass is 16.5. The van der Waals surface area contributed by atoms with Crippen molar-refractivity contribution < 1.29 is 19.1 Å². The number of carbonyl (C=O) groups is 3. The molecule has 1 aliphatic rings. The lowest BCUT2D eigenvalue weighted by Crippen LogP contribution is -2.41. The Balaban J connectivity index is 1.55. The van der Waals surface area contributed by atoms with Crippen LogP contribution in [-0.2, 0) is 27.3 Å². The van der Waals surface area contributed by atoms with Gasteiger partial charge in [0.2, 0.25) is 5.91 Å². The SMILES string of the molecule is CC(C)C(=O)Nc1ccc(CNC(=O)C2Cc3ccccc3C(=O)O2)cc1. The molecule has 0 spiro atoms. The van der Waals surface area contributed by atoms with Crippen LogP contribution in [0.5, 0.6) is 0 Å². The molecule has 0 bridgehead atoms. The first-order chi connectivity index (χ1) is 12.9. The molecule has 1 atom stereocenters. The summed E-state index contributed by atoms with van der Waals surface area (Å²) in [5, 5.41) is 5.61. The number of ether oxygens (including phenoxy) is 1. The molecule has 2 aromatic carbocycles. The molecule has 0 fully saturated rings. The smallest absolute Gasteiger partial charge is 0.339 e. The summed E-state index contributed by atoms with van der Waals surface area (Å²) in [4.78, 5) is 36.1. The molecule has 0 aromatic heterocycles. The number of hydrogen-bond acceptors (Lipinski definition) is 4. The molecule has 1 heterocycles. The molecule has 3 rings (SSSR count). The van der Waals surface area contributed by atoms with E-state index in [-0.39, 0.29) is 17.7 Å². The van der Waals surface area contributed by atoms with Gasteiger partial charge in [-0.3, -0.25) is 9.59 Å². The maximum Gasteiger partial charge on any atom is 0.339 e. The average Bonchev–Trinajstić information content (AvgIpc) is 2.67. The van der Waals surface area contributed by atoms with Gasteiger partial charge in [-0.25, -0.2) is 4.79 Å². The predicted molar refractivity (Wildman–Crippen MR) is 101 cm³/mol. The number of benzene rings is 2. The number of esters is 1. The molecule has 1 aliphatic heterocycles. The third-order valence-corrected chi connectivity index (χ3v) is 4.40. The average molecular weight is 366 g/mol. The summed E-state index contributed by atoms with van der Waals surface area (Å²) in [6.45, 7) is 3.97. The van der Waals surface area contributed by atoms with E-state index in [1.165, 1.54) is 0 Å². The summed E-state index contributed by atoms with van der Waals surface area (Å²) < 4.78 is 5.25. The second kappa shape index (κ2) is 8.03. The van der Waals surface area contributed by atoms with Gasteiger partial charge in [0.15, 0.2) is 6.10 Å². The van der Waals surface area contributed by atoms with Gasteiger partial charge in [-0.15, -0.1) is 0 Å². The maximum absolute atomic E-state index is 12.4. The molecule has 0 radical (unpaired) electrons. The van der Waals surface area contributed by atoms with Gasteiger partial charge in [-0.05, 0) is 29.3 Å². The highest BCUT2D eigenvalue weighted by molar-refractivity contribution is 5.95. The molecule has 140 valence electrons. The summed E-state index contributed by atoms with van der Waals surface area (Å²) >= 11 is 0. The van der Waals surface area contributed by atoms with Crippen LogP contribution in [0.15, 0.2) is 48.5 Å². The van der Waals surface area contributed by atoms with Crippen LogP contribution in [0.2, 0.25) is 0 Å². The number of anilines is 1. The van der Waals surface area contributed by atoms with E-state index in [0.29, 0.717) is 24.2 Å². The molecule has 2 aromatic rings. The zero-order valence-corrected chi connectivity index (χ0v) is 15.3. The second-order valence-electron chi connectivity index (χ2n) is 6.81. The topological polar surface area (TPSA) is 84.5 Å². The number of hydrogen-bond donors (Lipinski definition) is 2. The van der Waals surface area contributed by atoms with Crippen LogP contribution in [0.25, 0.3) is 0 Å². The second-order valence-corrected chi connectivity index (χ2v) is 6.81. The van der Waals surface area contributed by atoms with E-state index in [2.05, 4.69) is 10.6 Å². The fourth-order valence-corrected chi connectivity index (χ4v) is 2.77. The Bertz CT molecular complexity index is 859. The molecular formula is C21H22N2O4. The third-order valence-electron chi connectivity index (χ3n) is 4.40. The summed E-state index contributed by atoms with van der Waals surface area (Å²) in [6.07, 6.45) is -0.453. The van der Waals surface area contributed by atoms with Crippen molar-refractivity contribution in [1.29, 1.82) is 0 Å². The lowest BCUT2D eigenvalue weighted by Gasteiger charge is -2.23. The van der Waals surface area contributed by atoms with Gasteiger partial charge in [0, 0.05) is 24.6 Å². The van der Waals surface area contributed by atoms with Crippen molar-refractivity contribution in [2.75, 3.05) is 5.32 Å². The standard InChI is InChI=1S/C21H22N2O4/c1-13(2)19(24)23-16-9-7-14(8-10-16)12-22-20(25)18-11-15-5-3-4-6-17(15)21(26)27-18/h3-10,13,18H,11-12H2,1-2H3,(H,22,25)(H,23,24). The van der Waals surface area contributed by atoms with E-state index in [1.54, 1.807) is 24.3 Å². The minimum atomic E-state index is -0.822. The Hall–Kier alpha value is -3.15. The van der Waals surface area contributed by atoms with Crippen molar-refractivity contribution in [3.05, 3.63) is 65.2 Å². The van der Waals surface area contributed by atoms with E-state index in [9.17, 15) is 14.4 Å². The highest BCUT2D eigenvalue weighted by Gasteiger charge is 2.30. The van der Waals surface area contributed by atoms with Crippen molar-refractivity contribution in [2.45, 2.75) is 32.9 Å². The fraction of sp³-hybridized carbons (Fsp3) is 0.286. The van der Waals surface area contributed by atoms with Crippen molar-refractivity contribution in [3.63, 3.8) is 0 Å². The molecule has 0 saturated heterocycles. The van der Waals surface area contributed by atoms with Crippen LogP contribution in [-0.4, -0.2) is 23.9 Å². The van der Waals surface area contributed by atoms with Crippen molar-refractivity contribution >= 4 is 23.5 Å². The van der Waals surface area contributed by atoms with Gasteiger partial charge in [0.05, 0.1) is 5.56 Å². The Morgan fingerprint density at radius 3 is 2.52 bits per heavy atom. The lowest BCUT2D eigenvalue weighted by atomic mass is 9.98. The van der Waals surface area contributed by atoms with E-state index < -0.39 is 12.1 Å². The van der Waals surface area contributed by atoms with E-state index >= 15 is 0 Å². The molecule has 6 heteroatoms. The van der Waals surface area contributed by atoms with Crippen molar-refractivity contribution in [1.82, 2.24) is 5.32 Å². The number of fused-ring (bicyclic) bond motifs is 1. The summed E-state index contributed by atoms with van der Waals surface area (Å²) in [5.74, 6) is -0.931. The first-order valence-electron chi connectivity index (χ1n) is 8.90. The Kier molecular flexibility index (Phi) is 5.54. The number of carbonyl (C=O) groups excluding carboxylic acids is 3. The molecule has 1 unspecified atom stereocenters.